The number of primary amides is 1. The summed E-state index contributed by atoms with van der Waals surface area (Å²) in [6.07, 6.45) is 0.920. The molecule has 6 heteroatoms. The summed E-state index contributed by atoms with van der Waals surface area (Å²) in [4.78, 5) is 22.5. The van der Waals surface area contributed by atoms with E-state index < -0.39 is 22.8 Å². The van der Waals surface area contributed by atoms with E-state index in [4.69, 9.17) is 10.2 Å². The van der Waals surface area contributed by atoms with Crippen LogP contribution in [0, 0.1) is 0 Å². The fourth-order valence-corrected chi connectivity index (χ4v) is 1.32. The van der Waals surface area contributed by atoms with Crippen molar-refractivity contribution in [3.8, 4) is 11.5 Å². The number of benzene rings is 1. The minimum atomic E-state index is -0.914. The van der Waals surface area contributed by atoms with Crippen molar-refractivity contribution in [3.63, 3.8) is 0 Å². The first-order valence-corrected chi connectivity index (χ1v) is 4.28. The van der Waals surface area contributed by atoms with Gasteiger partial charge in [0.05, 0.1) is 5.39 Å². The number of phenols is 2. The Balaban J connectivity index is 2.90. The number of hydrogen-bond donors (Lipinski definition) is 3. The summed E-state index contributed by atoms with van der Waals surface area (Å²) in [5.74, 6) is -1.80. The van der Waals surface area contributed by atoms with Gasteiger partial charge >= 0.3 is 0 Å². The van der Waals surface area contributed by atoms with Crippen molar-refractivity contribution in [1.82, 2.24) is 0 Å². The summed E-state index contributed by atoms with van der Waals surface area (Å²) < 4.78 is 4.95. The highest BCUT2D eigenvalue weighted by Crippen LogP contribution is 2.28. The van der Waals surface area contributed by atoms with Gasteiger partial charge in [-0.25, -0.2) is 0 Å². The van der Waals surface area contributed by atoms with Crippen molar-refractivity contribution in [2.24, 2.45) is 5.73 Å². The number of fused-ring (bicyclic) bond motifs is 1. The predicted octanol–water partition coefficient (Wildman–Crippen LogP) is 0.303. The number of nitrogens with two attached hydrogens (primary N) is 1. The fraction of sp³-hybridized carbons (Fsp3) is 0. The molecule has 0 saturated carbocycles. The van der Waals surface area contributed by atoms with Crippen LogP contribution in [0.4, 0.5) is 0 Å². The Bertz CT molecular complexity index is 643. The van der Waals surface area contributed by atoms with Crippen molar-refractivity contribution >= 4 is 16.9 Å². The largest absolute Gasteiger partial charge is 0.504 e. The Morgan fingerprint density at radius 3 is 2.50 bits per heavy atom. The van der Waals surface area contributed by atoms with E-state index >= 15 is 0 Å². The maximum atomic E-state index is 11.7. The van der Waals surface area contributed by atoms with Gasteiger partial charge in [0.1, 0.15) is 17.4 Å². The Kier molecular flexibility index (Phi) is 2.05. The standard InChI is InChI=1S/C10H7NO5/c11-10(15)5-3-16-8-2-7(13)6(12)1-4(8)9(5)14/h1-3,12-13H,(H2,11,15). The number of carbonyl (C=O) groups is 1. The summed E-state index contributed by atoms with van der Waals surface area (Å²) in [6.45, 7) is 0. The lowest BCUT2D eigenvalue weighted by atomic mass is 10.1. The quantitative estimate of drug-likeness (QED) is 0.599. The summed E-state index contributed by atoms with van der Waals surface area (Å²) in [6, 6.07) is 2.10. The number of rotatable bonds is 1. The fourth-order valence-electron chi connectivity index (χ4n) is 1.32. The Morgan fingerprint density at radius 1 is 1.25 bits per heavy atom. The van der Waals surface area contributed by atoms with Crippen LogP contribution in [0.3, 0.4) is 0 Å². The molecule has 0 saturated heterocycles. The summed E-state index contributed by atoms with van der Waals surface area (Å²) in [7, 11) is 0. The van der Waals surface area contributed by atoms with Gasteiger partial charge in [-0.2, -0.15) is 0 Å². The molecule has 0 unspecified atom stereocenters. The molecule has 16 heavy (non-hydrogen) atoms. The molecule has 2 rings (SSSR count). The molecule has 0 aliphatic heterocycles. The molecule has 0 atom stereocenters. The van der Waals surface area contributed by atoms with Crippen molar-refractivity contribution in [2.45, 2.75) is 0 Å². The predicted molar refractivity (Wildman–Crippen MR) is 54.3 cm³/mol. The molecule has 0 fully saturated rings. The Morgan fingerprint density at radius 2 is 1.88 bits per heavy atom. The zero-order valence-electron chi connectivity index (χ0n) is 7.93. The smallest absolute Gasteiger partial charge is 0.255 e. The second kappa shape index (κ2) is 3.27. The highest BCUT2D eigenvalue weighted by Gasteiger charge is 2.13. The molecule has 0 aliphatic carbocycles. The van der Waals surface area contributed by atoms with Crippen LogP contribution in [-0.4, -0.2) is 16.1 Å². The average molecular weight is 221 g/mol. The van der Waals surface area contributed by atoms with E-state index in [9.17, 15) is 19.8 Å². The van der Waals surface area contributed by atoms with E-state index in [2.05, 4.69) is 0 Å². The third kappa shape index (κ3) is 1.36. The van der Waals surface area contributed by atoms with Gasteiger partial charge in [0.2, 0.25) is 5.43 Å². The number of amides is 1. The highest BCUT2D eigenvalue weighted by atomic mass is 16.3. The first kappa shape index (κ1) is 10.0. The molecular weight excluding hydrogens is 214 g/mol. The third-order valence-electron chi connectivity index (χ3n) is 2.14. The summed E-state index contributed by atoms with van der Waals surface area (Å²) in [5.41, 5.74) is 4.07. The number of aromatic hydroxyl groups is 2. The van der Waals surface area contributed by atoms with Crippen molar-refractivity contribution in [3.05, 3.63) is 34.2 Å². The Labute approximate surface area is 88.5 Å². The highest BCUT2D eigenvalue weighted by molar-refractivity contribution is 5.95. The zero-order chi connectivity index (χ0) is 11.9. The first-order chi connectivity index (χ1) is 7.50. The van der Waals surface area contributed by atoms with E-state index in [1.807, 2.05) is 0 Å². The van der Waals surface area contributed by atoms with Crippen LogP contribution in [0.5, 0.6) is 11.5 Å². The van der Waals surface area contributed by atoms with Gasteiger partial charge < -0.3 is 20.4 Å². The first-order valence-electron chi connectivity index (χ1n) is 4.28. The SMILES string of the molecule is NC(=O)c1coc2cc(O)c(O)cc2c1=O. The van der Waals surface area contributed by atoms with Crippen LogP contribution in [0.2, 0.25) is 0 Å². The molecule has 1 aromatic heterocycles. The lowest BCUT2D eigenvalue weighted by Gasteiger charge is -2.01. The Hall–Kier alpha value is -2.50. The molecule has 0 radical (unpaired) electrons. The van der Waals surface area contributed by atoms with Gasteiger partial charge in [-0.05, 0) is 6.07 Å². The molecule has 82 valence electrons. The second-order valence-electron chi connectivity index (χ2n) is 3.18. The second-order valence-corrected chi connectivity index (χ2v) is 3.18. The molecule has 0 bridgehead atoms. The molecule has 1 amide bonds. The molecule has 0 aliphatic rings. The van der Waals surface area contributed by atoms with Gasteiger partial charge in [-0.15, -0.1) is 0 Å². The molecule has 1 aromatic carbocycles. The maximum Gasteiger partial charge on any atom is 0.255 e. The molecule has 0 spiro atoms. The van der Waals surface area contributed by atoms with E-state index in [-0.39, 0.29) is 16.5 Å². The molecule has 1 heterocycles. The van der Waals surface area contributed by atoms with Crippen molar-refractivity contribution in [1.29, 1.82) is 0 Å². The number of phenolic OH excluding ortho intramolecular Hbond substituents is 2. The van der Waals surface area contributed by atoms with Gasteiger partial charge in [0.15, 0.2) is 11.5 Å². The van der Waals surface area contributed by atoms with E-state index in [1.54, 1.807) is 0 Å². The molecule has 4 N–H and O–H groups in total. The minimum Gasteiger partial charge on any atom is -0.504 e. The van der Waals surface area contributed by atoms with Crippen molar-refractivity contribution in [2.75, 3.05) is 0 Å². The van der Waals surface area contributed by atoms with Crippen LogP contribution in [-0.2, 0) is 0 Å². The van der Waals surface area contributed by atoms with Crippen LogP contribution < -0.4 is 11.2 Å². The maximum absolute atomic E-state index is 11.7. The van der Waals surface area contributed by atoms with Gasteiger partial charge in [-0.3, -0.25) is 9.59 Å². The minimum absolute atomic E-state index is 0.0217. The molecule has 6 nitrogen and oxygen atoms in total. The normalized spacial score (nSPS) is 10.5. The lowest BCUT2D eigenvalue weighted by Crippen LogP contribution is -2.21. The molecule has 2 aromatic rings. The van der Waals surface area contributed by atoms with Crippen LogP contribution >= 0.6 is 0 Å². The van der Waals surface area contributed by atoms with Gasteiger partial charge in [0, 0.05) is 6.07 Å². The summed E-state index contributed by atoms with van der Waals surface area (Å²) in [5, 5.41) is 18.4. The van der Waals surface area contributed by atoms with Gasteiger partial charge in [-0.1, -0.05) is 0 Å². The topological polar surface area (TPSA) is 114 Å². The lowest BCUT2D eigenvalue weighted by molar-refractivity contribution is 0.0997. The van der Waals surface area contributed by atoms with Crippen LogP contribution in [0.25, 0.3) is 11.0 Å². The van der Waals surface area contributed by atoms with E-state index in [1.165, 1.54) is 0 Å². The number of hydrogen-bond acceptors (Lipinski definition) is 5. The molecular formula is C10H7NO5. The zero-order valence-corrected chi connectivity index (χ0v) is 7.93. The van der Waals surface area contributed by atoms with Gasteiger partial charge in [0.25, 0.3) is 5.91 Å². The van der Waals surface area contributed by atoms with E-state index in [0.717, 1.165) is 18.4 Å². The monoisotopic (exact) mass is 221 g/mol. The van der Waals surface area contributed by atoms with Crippen LogP contribution in [0.1, 0.15) is 10.4 Å². The summed E-state index contributed by atoms with van der Waals surface area (Å²) >= 11 is 0. The van der Waals surface area contributed by atoms with Crippen LogP contribution in [0.15, 0.2) is 27.6 Å². The third-order valence-corrected chi connectivity index (χ3v) is 2.14. The van der Waals surface area contributed by atoms with Crippen molar-refractivity contribution < 1.29 is 19.4 Å². The van der Waals surface area contributed by atoms with E-state index in [0.29, 0.717) is 0 Å². The average Bonchev–Trinajstić information content (AvgIpc) is 2.21. The number of carbonyl (C=O) groups excluding carboxylic acids is 1.